The number of benzene rings is 3. The van der Waals surface area contributed by atoms with Crippen molar-refractivity contribution in [2.75, 3.05) is 5.75 Å². The molecular formula is C25H20ClFN2O3S2. The fraction of sp³-hybridized carbons (Fsp3) is 0.120. The van der Waals surface area contributed by atoms with E-state index in [1.54, 1.807) is 61.5 Å². The molecule has 1 heterocycles. The van der Waals surface area contributed by atoms with Gasteiger partial charge in [-0.2, -0.15) is 0 Å². The van der Waals surface area contributed by atoms with Crippen LogP contribution in [0.5, 0.6) is 0 Å². The molecule has 4 rings (SSSR count). The van der Waals surface area contributed by atoms with Crippen molar-refractivity contribution >= 4 is 38.5 Å². The van der Waals surface area contributed by atoms with Gasteiger partial charge in [0.15, 0.2) is 9.84 Å². The second-order valence-electron chi connectivity index (χ2n) is 7.45. The van der Waals surface area contributed by atoms with E-state index in [0.29, 0.717) is 26.2 Å². The first kappa shape index (κ1) is 24.1. The molecule has 1 aromatic heterocycles. The molecular weight excluding hydrogens is 495 g/mol. The Kier molecular flexibility index (Phi) is 7.41. The van der Waals surface area contributed by atoms with Crippen LogP contribution in [0.4, 0.5) is 4.39 Å². The van der Waals surface area contributed by atoms with Gasteiger partial charge < -0.3 is 4.84 Å². The largest absolute Gasteiger partial charge is 0.391 e. The number of sulfone groups is 1. The van der Waals surface area contributed by atoms with Crippen molar-refractivity contribution in [1.82, 2.24) is 4.98 Å². The van der Waals surface area contributed by atoms with Crippen LogP contribution in [-0.4, -0.2) is 24.9 Å². The van der Waals surface area contributed by atoms with E-state index in [1.165, 1.54) is 23.5 Å². The lowest BCUT2D eigenvalue weighted by atomic mass is 10.2. The molecule has 0 fully saturated rings. The van der Waals surface area contributed by atoms with Crippen molar-refractivity contribution in [3.63, 3.8) is 0 Å². The lowest BCUT2D eigenvalue weighted by Gasteiger charge is -2.08. The maximum Gasteiger partial charge on any atom is 0.184 e. The van der Waals surface area contributed by atoms with Crippen molar-refractivity contribution in [1.29, 1.82) is 0 Å². The summed E-state index contributed by atoms with van der Waals surface area (Å²) in [6.45, 7) is 1.87. The highest BCUT2D eigenvalue weighted by Crippen LogP contribution is 2.30. The number of thiazole rings is 1. The molecule has 5 nitrogen and oxygen atoms in total. The van der Waals surface area contributed by atoms with Crippen molar-refractivity contribution in [3.8, 4) is 10.6 Å². The smallest absolute Gasteiger partial charge is 0.184 e. The van der Waals surface area contributed by atoms with Gasteiger partial charge in [0.25, 0.3) is 0 Å². The Labute approximate surface area is 206 Å². The molecule has 0 bridgehead atoms. The van der Waals surface area contributed by atoms with E-state index in [9.17, 15) is 12.8 Å². The van der Waals surface area contributed by atoms with Crippen molar-refractivity contribution < 1.29 is 17.6 Å². The molecule has 3 aromatic carbocycles. The highest BCUT2D eigenvalue weighted by Gasteiger charge is 2.23. The Bertz CT molecular complexity index is 1400. The van der Waals surface area contributed by atoms with E-state index < -0.39 is 9.84 Å². The number of hydrogen-bond donors (Lipinski definition) is 0. The highest BCUT2D eigenvalue weighted by atomic mass is 35.5. The number of nitrogens with zero attached hydrogens (tertiary/aromatic N) is 2. The van der Waals surface area contributed by atoms with E-state index in [1.807, 2.05) is 12.1 Å². The lowest BCUT2D eigenvalue weighted by molar-refractivity contribution is 0.130. The molecule has 0 aliphatic rings. The number of hydrogen-bond acceptors (Lipinski definition) is 6. The van der Waals surface area contributed by atoms with E-state index in [-0.39, 0.29) is 28.8 Å². The minimum atomic E-state index is -3.68. The maximum atomic E-state index is 13.2. The molecule has 0 amide bonds. The van der Waals surface area contributed by atoms with Gasteiger partial charge in [0.2, 0.25) is 0 Å². The first-order chi connectivity index (χ1) is 16.3. The van der Waals surface area contributed by atoms with Gasteiger partial charge in [0.1, 0.15) is 28.9 Å². The molecule has 34 heavy (non-hydrogen) atoms. The molecule has 174 valence electrons. The Hall–Kier alpha value is -3.07. The van der Waals surface area contributed by atoms with Gasteiger partial charge in [0.05, 0.1) is 15.5 Å². The summed E-state index contributed by atoms with van der Waals surface area (Å²) in [5, 5.41) is 5.53. The summed E-state index contributed by atoms with van der Waals surface area (Å²) in [5.74, 6) is -0.708. The predicted octanol–water partition coefficient (Wildman–Crippen LogP) is 6.31. The number of aromatic nitrogens is 1. The number of oxime groups is 1. The van der Waals surface area contributed by atoms with Crippen LogP contribution >= 0.6 is 22.9 Å². The molecule has 4 aromatic rings. The van der Waals surface area contributed by atoms with Crippen LogP contribution in [0.3, 0.4) is 0 Å². The van der Waals surface area contributed by atoms with Gasteiger partial charge in [-0.1, -0.05) is 59.2 Å². The minimum Gasteiger partial charge on any atom is -0.391 e. The molecule has 0 radical (unpaired) electrons. The van der Waals surface area contributed by atoms with Gasteiger partial charge >= 0.3 is 0 Å². The SMILES string of the molecule is Cc1nc(-c2ccc(Cl)cc2)sc1/C(CS(=O)(=O)c1ccccc1)=N\OCc1ccc(F)cc1. The monoisotopic (exact) mass is 514 g/mol. The first-order valence-electron chi connectivity index (χ1n) is 10.3. The Morgan fingerprint density at radius 3 is 2.38 bits per heavy atom. The van der Waals surface area contributed by atoms with Gasteiger partial charge in [-0.25, -0.2) is 17.8 Å². The Morgan fingerprint density at radius 2 is 1.71 bits per heavy atom. The summed E-state index contributed by atoms with van der Waals surface area (Å²) in [6, 6.07) is 21.3. The summed E-state index contributed by atoms with van der Waals surface area (Å²) in [6.07, 6.45) is 0. The third-order valence-corrected chi connectivity index (χ3v) is 8.05. The number of halogens is 2. The summed E-state index contributed by atoms with van der Waals surface area (Å²) in [5.41, 5.74) is 2.46. The third-order valence-electron chi connectivity index (χ3n) is 4.90. The maximum absolute atomic E-state index is 13.2. The first-order valence-corrected chi connectivity index (χ1v) is 13.1. The van der Waals surface area contributed by atoms with Gasteiger partial charge in [-0.15, -0.1) is 11.3 Å². The summed E-state index contributed by atoms with van der Waals surface area (Å²) in [7, 11) is -3.68. The van der Waals surface area contributed by atoms with Gasteiger partial charge in [-0.3, -0.25) is 0 Å². The average Bonchev–Trinajstić information content (AvgIpc) is 3.22. The molecule has 0 unspecified atom stereocenters. The van der Waals surface area contributed by atoms with Crippen LogP contribution in [0.25, 0.3) is 10.6 Å². The molecule has 0 N–H and O–H groups in total. The zero-order chi connectivity index (χ0) is 24.1. The normalized spacial score (nSPS) is 12.0. The second kappa shape index (κ2) is 10.5. The van der Waals surface area contributed by atoms with Crippen LogP contribution in [0.15, 0.2) is 88.9 Å². The third kappa shape index (κ3) is 5.88. The minimum absolute atomic E-state index is 0.0665. The fourth-order valence-corrected chi connectivity index (χ4v) is 5.73. The molecule has 0 aliphatic heterocycles. The molecule has 0 saturated carbocycles. The van der Waals surface area contributed by atoms with Crippen LogP contribution in [0.2, 0.25) is 5.02 Å². The van der Waals surface area contributed by atoms with Gasteiger partial charge in [-0.05, 0) is 48.9 Å². The predicted molar refractivity (Wildman–Crippen MR) is 134 cm³/mol. The van der Waals surface area contributed by atoms with Crippen LogP contribution < -0.4 is 0 Å². The van der Waals surface area contributed by atoms with E-state index in [4.69, 9.17) is 16.4 Å². The van der Waals surface area contributed by atoms with Crippen LogP contribution in [-0.2, 0) is 21.3 Å². The Balaban J connectivity index is 1.67. The summed E-state index contributed by atoms with van der Waals surface area (Å²) < 4.78 is 39.4. The van der Waals surface area contributed by atoms with Crippen LogP contribution in [0.1, 0.15) is 16.1 Å². The van der Waals surface area contributed by atoms with Gasteiger partial charge in [0, 0.05) is 10.6 Å². The van der Waals surface area contributed by atoms with Crippen molar-refractivity contribution in [3.05, 3.63) is 106 Å². The van der Waals surface area contributed by atoms with E-state index in [0.717, 1.165) is 5.56 Å². The fourth-order valence-electron chi connectivity index (χ4n) is 3.17. The topological polar surface area (TPSA) is 68.6 Å². The molecule has 0 saturated heterocycles. The summed E-state index contributed by atoms with van der Waals surface area (Å²) in [4.78, 5) is 10.9. The number of aryl methyl sites for hydroxylation is 1. The van der Waals surface area contributed by atoms with E-state index >= 15 is 0 Å². The molecule has 9 heteroatoms. The molecule has 0 aliphatic carbocycles. The zero-order valence-electron chi connectivity index (χ0n) is 18.1. The average molecular weight is 515 g/mol. The van der Waals surface area contributed by atoms with Crippen molar-refractivity contribution in [2.24, 2.45) is 5.16 Å². The van der Waals surface area contributed by atoms with E-state index in [2.05, 4.69) is 10.1 Å². The Morgan fingerprint density at radius 1 is 1.03 bits per heavy atom. The van der Waals surface area contributed by atoms with Crippen LogP contribution in [0, 0.1) is 12.7 Å². The standard InChI is InChI=1S/C25H20ClFN2O3S2/c1-17-24(33-25(28-17)19-9-11-20(26)12-10-19)23(16-34(30,31)22-5-3-2-4-6-22)29-32-15-18-7-13-21(27)14-8-18/h2-14H,15-16H2,1H3/b29-23-. The zero-order valence-corrected chi connectivity index (χ0v) is 20.5. The highest BCUT2D eigenvalue weighted by molar-refractivity contribution is 7.92. The lowest BCUT2D eigenvalue weighted by Crippen LogP contribution is -2.18. The molecule has 0 spiro atoms. The summed E-state index contributed by atoms with van der Waals surface area (Å²) >= 11 is 7.32. The van der Waals surface area contributed by atoms with Crippen molar-refractivity contribution in [2.45, 2.75) is 18.4 Å². The quantitative estimate of drug-likeness (QED) is 0.204. The second-order valence-corrected chi connectivity index (χ2v) is 10.9. The molecule has 0 atom stereocenters. The number of rotatable bonds is 8.